The van der Waals surface area contributed by atoms with E-state index in [1.165, 1.54) is 0 Å². The summed E-state index contributed by atoms with van der Waals surface area (Å²) in [5.74, 6) is 2.00. The maximum atomic E-state index is 12.6. The average Bonchev–Trinajstić information content (AvgIpc) is 3.30. The number of rotatable bonds is 17. The minimum Gasteiger partial charge on any atom is -0.298 e. The molecule has 2 heterocycles. The van der Waals surface area contributed by atoms with E-state index >= 15 is 0 Å². The molecule has 2 aromatic rings. The topological polar surface area (TPSA) is 88.0 Å². The van der Waals surface area contributed by atoms with Crippen molar-refractivity contribution in [1.29, 1.82) is 0 Å². The van der Waals surface area contributed by atoms with Crippen LogP contribution in [0.3, 0.4) is 0 Å². The molecule has 0 saturated carbocycles. The summed E-state index contributed by atoms with van der Waals surface area (Å²) in [4.78, 5) is 24.8. The van der Waals surface area contributed by atoms with Crippen LogP contribution in [0.1, 0.15) is 67.2 Å². The molecular weight excluding hydrogens is 561 g/mol. The van der Waals surface area contributed by atoms with Crippen LogP contribution in [0.25, 0.3) is 0 Å². The van der Waals surface area contributed by atoms with Crippen molar-refractivity contribution < 1.29 is 8.42 Å². The summed E-state index contributed by atoms with van der Waals surface area (Å²) in [5.41, 5.74) is -0.225. The minimum atomic E-state index is -1.03. The zero-order valence-electron chi connectivity index (χ0n) is 23.8. The Bertz CT molecular complexity index is 1130. The molecule has 0 amide bonds. The first-order valence-corrected chi connectivity index (χ1v) is 17.2. The Morgan fingerprint density at radius 3 is 1.29 bits per heavy atom. The molecule has 12 heteroatoms. The maximum absolute atomic E-state index is 12.6. The standard InChI is InChI=1S/C26H46N4O4S4/c1-7-27-19-21(35)29(23(27)31)13-9-25(3,4)11-15-37(33)17-18-38(34)16-12-26(5,6)10-14-30-22(36)20-28(8-2)24(30)32/h19-20,35-36H,7-18H2,1-6H3. The van der Waals surface area contributed by atoms with Gasteiger partial charge in [-0.25, -0.2) is 9.59 Å². The van der Waals surface area contributed by atoms with E-state index < -0.39 is 21.6 Å². The van der Waals surface area contributed by atoms with Crippen LogP contribution >= 0.6 is 25.3 Å². The summed E-state index contributed by atoms with van der Waals surface area (Å²) < 4.78 is 31.9. The van der Waals surface area contributed by atoms with Crippen molar-refractivity contribution in [2.75, 3.05) is 23.0 Å². The highest BCUT2D eigenvalue weighted by Crippen LogP contribution is 2.28. The lowest BCUT2D eigenvalue weighted by molar-refractivity contribution is 0.297. The summed E-state index contributed by atoms with van der Waals surface area (Å²) in [6, 6.07) is 0. The third kappa shape index (κ3) is 9.89. The molecule has 0 saturated heterocycles. The van der Waals surface area contributed by atoms with Crippen molar-refractivity contribution >= 4 is 46.9 Å². The van der Waals surface area contributed by atoms with Crippen LogP contribution in [-0.2, 0) is 47.8 Å². The van der Waals surface area contributed by atoms with Gasteiger partial charge in [0, 0.05) is 83.2 Å². The van der Waals surface area contributed by atoms with Crippen molar-refractivity contribution in [1.82, 2.24) is 18.3 Å². The van der Waals surface area contributed by atoms with E-state index in [9.17, 15) is 18.0 Å². The minimum absolute atomic E-state index is 0.0431. The van der Waals surface area contributed by atoms with Crippen LogP contribution in [0.4, 0.5) is 0 Å². The van der Waals surface area contributed by atoms with E-state index in [1.54, 1.807) is 30.7 Å². The fourth-order valence-corrected chi connectivity index (χ4v) is 8.26. The van der Waals surface area contributed by atoms with E-state index in [0.717, 1.165) is 25.7 Å². The van der Waals surface area contributed by atoms with Crippen LogP contribution in [0.5, 0.6) is 0 Å². The fourth-order valence-electron chi connectivity index (χ4n) is 4.16. The lowest BCUT2D eigenvalue weighted by atomic mass is 9.86. The molecule has 0 aliphatic rings. The van der Waals surface area contributed by atoms with Gasteiger partial charge in [-0.05, 0) is 50.4 Å². The number of aryl methyl sites for hydroxylation is 2. The molecule has 0 fully saturated rings. The van der Waals surface area contributed by atoms with Crippen molar-refractivity contribution in [3.8, 4) is 0 Å². The molecule has 0 bridgehead atoms. The zero-order valence-corrected chi connectivity index (χ0v) is 27.2. The lowest BCUT2D eigenvalue weighted by Crippen LogP contribution is -2.27. The Morgan fingerprint density at radius 2 is 1.00 bits per heavy atom. The van der Waals surface area contributed by atoms with Crippen LogP contribution in [0.2, 0.25) is 0 Å². The van der Waals surface area contributed by atoms with Gasteiger partial charge < -0.3 is 0 Å². The first-order chi connectivity index (χ1) is 17.7. The molecule has 2 unspecified atom stereocenters. The molecule has 38 heavy (non-hydrogen) atoms. The molecule has 8 nitrogen and oxygen atoms in total. The number of hydrogen-bond donors (Lipinski definition) is 2. The SMILES string of the molecule is CCn1cc(S)n(CCC(C)(C)CCS(=O)CCS(=O)CCC(C)(C)CCn2c(S)cn(CC)c2=O)c1=O. The Kier molecular flexibility index (Phi) is 12.8. The Labute approximate surface area is 243 Å². The Balaban J connectivity index is 1.72. The largest absolute Gasteiger partial charge is 0.329 e. The van der Waals surface area contributed by atoms with E-state index in [-0.39, 0.29) is 22.2 Å². The lowest BCUT2D eigenvalue weighted by Gasteiger charge is -2.25. The van der Waals surface area contributed by atoms with Crippen LogP contribution in [0.15, 0.2) is 32.0 Å². The molecule has 2 aromatic heterocycles. The molecule has 0 aliphatic carbocycles. The van der Waals surface area contributed by atoms with Gasteiger partial charge in [-0.2, -0.15) is 0 Å². The molecule has 2 atom stereocenters. The summed E-state index contributed by atoms with van der Waals surface area (Å²) in [5, 5.41) is 1.33. The van der Waals surface area contributed by atoms with Gasteiger partial charge in [-0.3, -0.25) is 26.7 Å². The third-order valence-corrected chi connectivity index (χ3v) is 10.9. The number of imidazole rings is 2. The van der Waals surface area contributed by atoms with Crippen LogP contribution in [-0.4, -0.2) is 49.7 Å². The summed E-state index contributed by atoms with van der Waals surface area (Å²) in [6.45, 7) is 14.8. The van der Waals surface area contributed by atoms with Gasteiger partial charge in [-0.1, -0.05) is 27.7 Å². The Morgan fingerprint density at radius 1 is 0.658 bits per heavy atom. The highest BCUT2D eigenvalue weighted by Gasteiger charge is 2.22. The number of thiol groups is 2. The predicted molar refractivity (Wildman–Crippen MR) is 165 cm³/mol. The maximum Gasteiger partial charge on any atom is 0.329 e. The second-order valence-electron chi connectivity index (χ2n) is 11.4. The number of hydrogen-bond acceptors (Lipinski definition) is 6. The van der Waals surface area contributed by atoms with Crippen molar-refractivity contribution in [2.45, 2.75) is 103 Å². The highest BCUT2D eigenvalue weighted by molar-refractivity contribution is 7.88. The molecule has 0 N–H and O–H groups in total. The van der Waals surface area contributed by atoms with Gasteiger partial charge in [0.05, 0.1) is 10.1 Å². The van der Waals surface area contributed by atoms with Crippen LogP contribution in [0, 0.1) is 10.8 Å². The molecule has 0 aliphatic heterocycles. The molecule has 0 aromatic carbocycles. The number of nitrogens with zero attached hydrogens (tertiary/aromatic N) is 4. The first-order valence-electron chi connectivity index (χ1n) is 13.4. The summed E-state index contributed by atoms with van der Waals surface area (Å²) in [7, 11) is -2.06. The van der Waals surface area contributed by atoms with Gasteiger partial charge in [0.25, 0.3) is 0 Å². The highest BCUT2D eigenvalue weighted by atomic mass is 32.2. The third-order valence-electron chi connectivity index (χ3n) is 7.31. The van der Waals surface area contributed by atoms with Crippen molar-refractivity contribution in [3.63, 3.8) is 0 Å². The van der Waals surface area contributed by atoms with Gasteiger partial charge >= 0.3 is 11.4 Å². The summed E-state index contributed by atoms with van der Waals surface area (Å²) in [6.07, 6.45) is 6.65. The smallest absolute Gasteiger partial charge is 0.298 e. The fraction of sp³-hybridized carbons (Fsp3) is 0.769. The van der Waals surface area contributed by atoms with Crippen molar-refractivity contribution in [3.05, 3.63) is 33.4 Å². The van der Waals surface area contributed by atoms with Gasteiger partial charge in [0.15, 0.2) is 0 Å². The Hall–Kier alpha value is -0.980. The second-order valence-corrected chi connectivity index (χ2v) is 15.7. The average molecular weight is 607 g/mol. The second kappa shape index (κ2) is 14.6. The van der Waals surface area contributed by atoms with E-state index in [1.807, 2.05) is 13.8 Å². The summed E-state index contributed by atoms with van der Waals surface area (Å²) >= 11 is 8.85. The number of aromatic nitrogens is 4. The normalized spacial score (nSPS) is 14.2. The zero-order chi connectivity index (χ0) is 28.7. The van der Waals surface area contributed by atoms with Crippen molar-refractivity contribution in [2.24, 2.45) is 10.8 Å². The first kappa shape index (κ1) is 33.2. The van der Waals surface area contributed by atoms with Gasteiger partial charge in [-0.15, -0.1) is 25.3 Å². The van der Waals surface area contributed by atoms with E-state index in [2.05, 4.69) is 53.0 Å². The quantitative estimate of drug-likeness (QED) is 0.266. The van der Waals surface area contributed by atoms with Gasteiger partial charge in [0.2, 0.25) is 0 Å². The van der Waals surface area contributed by atoms with Crippen LogP contribution < -0.4 is 11.4 Å². The molecule has 0 radical (unpaired) electrons. The predicted octanol–water partition coefficient (Wildman–Crippen LogP) is 4.04. The van der Waals surface area contributed by atoms with Gasteiger partial charge in [0.1, 0.15) is 0 Å². The monoisotopic (exact) mass is 606 g/mol. The molecule has 218 valence electrons. The molecule has 0 spiro atoms. The molecular formula is C26H46N4O4S4. The molecule has 2 rings (SSSR count). The van der Waals surface area contributed by atoms with E-state index in [0.29, 0.717) is 59.2 Å². The van der Waals surface area contributed by atoms with E-state index in [4.69, 9.17) is 0 Å².